The molecule has 1 aromatic heterocycles. The maximum atomic E-state index is 13.3. The van der Waals surface area contributed by atoms with Crippen LogP contribution < -0.4 is 11.3 Å². The minimum atomic E-state index is -4.77. The van der Waals surface area contributed by atoms with Crippen LogP contribution in [0.5, 0.6) is 0 Å². The molecule has 0 aliphatic carbocycles. The van der Waals surface area contributed by atoms with Crippen LogP contribution in [0.3, 0.4) is 0 Å². The fourth-order valence-electron chi connectivity index (χ4n) is 1.77. The number of rotatable bonds is 3. The molecular formula is C12H9ClF4N2S. The lowest BCUT2D eigenvalue weighted by Crippen LogP contribution is -2.28. The van der Waals surface area contributed by atoms with E-state index in [4.69, 9.17) is 17.4 Å². The van der Waals surface area contributed by atoms with E-state index in [1.165, 1.54) is 17.4 Å². The van der Waals surface area contributed by atoms with Crippen LogP contribution >= 0.6 is 22.9 Å². The van der Waals surface area contributed by atoms with Gasteiger partial charge in [0.2, 0.25) is 0 Å². The van der Waals surface area contributed by atoms with Gasteiger partial charge in [-0.2, -0.15) is 13.2 Å². The average Bonchev–Trinajstić information content (AvgIpc) is 2.77. The zero-order valence-corrected chi connectivity index (χ0v) is 11.4. The van der Waals surface area contributed by atoms with Gasteiger partial charge >= 0.3 is 6.18 Å². The highest BCUT2D eigenvalue weighted by atomic mass is 35.5. The van der Waals surface area contributed by atoms with Crippen LogP contribution in [-0.2, 0) is 6.18 Å². The minimum absolute atomic E-state index is 0.186. The van der Waals surface area contributed by atoms with Crippen molar-refractivity contribution in [3.8, 4) is 0 Å². The van der Waals surface area contributed by atoms with E-state index in [1.54, 1.807) is 11.4 Å². The van der Waals surface area contributed by atoms with Crippen LogP contribution in [0.15, 0.2) is 29.6 Å². The topological polar surface area (TPSA) is 38.0 Å². The molecule has 1 aromatic carbocycles. The Morgan fingerprint density at radius 3 is 2.45 bits per heavy atom. The largest absolute Gasteiger partial charge is 0.419 e. The van der Waals surface area contributed by atoms with E-state index in [0.29, 0.717) is 9.90 Å². The summed E-state index contributed by atoms with van der Waals surface area (Å²) < 4.78 is 51.4. The molecule has 0 spiro atoms. The van der Waals surface area contributed by atoms with Gasteiger partial charge < -0.3 is 0 Å². The molecule has 8 heteroatoms. The Labute approximate surface area is 121 Å². The monoisotopic (exact) mass is 324 g/mol. The maximum Gasteiger partial charge on any atom is 0.419 e. The van der Waals surface area contributed by atoms with Crippen LogP contribution in [0.25, 0.3) is 0 Å². The van der Waals surface area contributed by atoms with Crippen molar-refractivity contribution in [2.24, 2.45) is 5.84 Å². The second kappa shape index (κ2) is 5.69. The van der Waals surface area contributed by atoms with Crippen molar-refractivity contribution in [3.63, 3.8) is 0 Å². The Kier molecular flexibility index (Phi) is 4.33. The first-order valence-electron chi connectivity index (χ1n) is 5.40. The molecule has 0 bridgehead atoms. The molecule has 0 amide bonds. The molecule has 2 nitrogen and oxygen atoms in total. The van der Waals surface area contributed by atoms with Gasteiger partial charge in [0.25, 0.3) is 0 Å². The molecule has 1 atom stereocenters. The normalized spacial score (nSPS) is 13.5. The fraction of sp³-hybridized carbons (Fsp3) is 0.167. The van der Waals surface area contributed by atoms with E-state index in [-0.39, 0.29) is 5.56 Å². The molecule has 0 radical (unpaired) electrons. The van der Waals surface area contributed by atoms with Gasteiger partial charge in [0.05, 0.1) is 16.6 Å². The van der Waals surface area contributed by atoms with Gasteiger partial charge in [-0.25, -0.2) is 9.82 Å². The van der Waals surface area contributed by atoms with Crippen molar-refractivity contribution >= 4 is 22.9 Å². The van der Waals surface area contributed by atoms with Crippen LogP contribution in [0.2, 0.25) is 5.02 Å². The van der Waals surface area contributed by atoms with Gasteiger partial charge in [0.1, 0.15) is 5.82 Å². The lowest BCUT2D eigenvalue weighted by molar-refractivity contribution is -0.140. The summed E-state index contributed by atoms with van der Waals surface area (Å²) in [5.41, 5.74) is 1.25. The molecule has 2 rings (SSSR count). The Morgan fingerprint density at radius 1 is 1.25 bits per heavy atom. The van der Waals surface area contributed by atoms with E-state index in [2.05, 4.69) is 5.43 Å². The standard InChI is InChI=1S/C12H9ClF4N2S/c13-8-3-4-20-11(8)10(19-18)6-1-2-9(14)7(5-6)12(15,16)17/h1-5,10,19H,18H2. The molecule has 1 heterocycles. The lowest BCUT2D eigenvalue weighted by Gasteiger charge is -2.17. The zero-order chi connectivity index (χ0) is 14.9. The first-order chi connectivity index (χ1) is 9.34. The van der Waals surface area contributed by atoms with E-state index >= 15 is 0 Å². The van der Waals surface area contributed by atoms with E-state index in [0.717, 1.165) is 12.1 Å². The van der Waals surface area contributed by atoms with E-state index in [1.807, 2.05) is 0 Å². The van der Waals surface area contributed by atoms with Crippen LogP contribution in [0.4, 0.5) is 17.6 Å². The number of alkyl halides is 3. The predicted octanol–water partition coefficient (Wildman–Crippen LogP) is 4.11. The highest BCUT2D eigenvalue weighted by Gasteiger charge is 2.35. The summed E-state index contributed by atoms with van der Waals surface area (Å²) in [6, 6.07) is 3.62. The Balaban J connectivity index is 2.49. The van der Waals surface area contributed by atoms with Crippen molar-refractivity contribution < 1.29 is 17.6 Å². The van der Waals surface area contributed by atoms with Crippen LogP contribution in [-0.4, -0.2) is 0 Å². The average molecular weight is 325 g/mol. The number of thiophene rings is 1. The molecule has 0 fully saturated rings. The van der Waals surface area contributed by atoms with E-state index < -0.39 is 23.6 Å². The van der Waals surface area contributed by atoms with Gasteiger partial charge in [-0.15, -0.1) is 11.3 Å². The van der Waals surface area contributed by atoms with Crippen LogP contribution in [0.1, 0.15) is 22.0 Å². The summed E-state index contributed by atoms with van der Waals surface area (Å²) in [4.78, 5) is 0.564. The summed E-state index contributed by atoms with van der Waals surface area (Å²) in [7, 11) is 0. The number of nitrogens with one attached hydrogen (secondary N) is 1. The maximum absolute atomic E-state index is 13.3. The summed E-state index contributed by atoms with van der Waals surface area (Å²) >= 11 is 7.19. The second-order valence-electron chi connectivity index (χ2n) is 3.97. The number of hydrogen-bond acceptors (Lipinski definition) is 3. The Morgan fingerprint density at radius 2 is 1.95 bits per heavy atom. The minimum Gasteiger partial charge on any atom is -0.271 e. The summed E-state index contributed by atoms with van der Waals surface area (Å²) in [6.45, 7) is 0. The third kappa shape index (κ3) is 2.95. The van der Waals surface area contributed by atoms with Crippen molar-refractivity contribution in [2.45, 2.75) is 12.2 Å². The number of halogens is 5. The molecule has 3 N–H and O–H groups in total. The van der Waals surface area contributed by atoms with Gasteiger partial charge in [-0.05, 0) is 29.1 Å². The van der Waals surface area contributed by atoms with Crippen molar-refractivity contribution in [1.82, 2.24) is 5.43 Å². The Hall–Kier alpha value is -1.15. The van der Waals surface area contributed by atoms with Crippen molar-refractivity contribution in [3.05, 3.63) is 56.5 Å². The van der Waals surface area contributed by atoms with Crippen molar-refractivity contribution in [2.75, 3.05) is 0 Å². The van der Waals surface area contributed by atoms with Gasteiger partial charge in [0, 0.05) is 4.88 Å². The number of nitrogens with two attached hydrogens (primary N) is 1. The molecule has 0 saturated heterocycles. The summed E-state index contributed by atoms with van der Waals surface area (Å²) in [5, 5.41) is 2.08. The smallest absolute Gasteiger partial charge is 0.271 e. The molecule has 0 aliphatic heterocycles. The van der Waals surface area contributed by atoms with Crippen molar-refractivity contribution in [1.29, 1.82) is 0 Å². The molecule has 108 valence electrons. The summed E-state index contributed by atoms with van der Waals surface area (Å²) in [6.07, 6.45) is -4.77. The third-order valence-electron chi connectivity index (χ3n) is 2.70. The highest BCUT2D eigenvalue weighted by molar-refractivity contribution is 7.10. The molecule has 2 aromatic rings. The predicted molar refractivity (Wildman–Crippen MR) is 69.9 cm³/mol. The lowest BCUT2D eigenvalue weighted by atomic mass is 10.0. The van der Waals surface area contributed by atoms with E-state index in [9.17, 15) is 17.6 Å². The first-order valence-corrected chi connectivity index (χ1v) is 6.66. The van der Waals surface area contributed by atoms with Gasteiger partial charge in [-0.3, -0.25) is 5.84 Å². The highest BCUT2D eigenvalue weighted by Crippen LogP contribution is 2.36. The van der Waals surface area contributed by atoms with Gasteiger partial charge in [-0.1, -0.05) is 17.7 Å². The number of benzene rings is 1. The molecule has 0 aliphatic rings. The molecular weight excluding hydrogens is 316 g/mol. The Bertz CT molecular complexity index is 612. The summed E-state index contributed by atoms with van der Waals surface area (Å²) in [5.74, 6) is 4.06. The molecule has 0 saturated carbocycles. The second-order valence-corrected chi connectivity index (χ2v) is 5.32. The quantitative estimate of drug-likeness (QED) is 0.506. The third-order valence-corrected chi connectivity index (χ3v) is 4.13. The SMILES string of the molecule is NNC(c1ccc(F)c(C(F)(F)F)c1)c1sccc1Cl. The fourth-order valence-corrected chi connectivity index (χ4v) is 3.03. The molecule has 1 unspecified atom stereocenters. The van der Waals surface area contributed by atoms with Gasteiger partial charge in [0.15, 0.2) is 0 Å². The number of hydrazine groups is 1. The first kappa shape index (κ1) is 15.2. The van der Waals surface area contributed by atoms with Crippen LogP contribution in [0, 0.1) is 5.82 Å². The molecule has 20 heavy (non-hydrogen) atoms. The number of hydrogen-bond donors (Lipinski definition) is 2. The zero-order valence-electron chi connectivity index (χ0n) is 9.84.